The van der Waals surface area contributed by atoms with Gasteiger partial charge in [-0.3, -0.25) is 9.59 Å². The van der Waals surface area contributed by atoms with E-state index in [0.717, 1.165) is 11.3 Å². The number of aryl methyl sites for hydroxylation is 1. The molecule has 0 atom stereocenters. The van der Waals surface area contributed by atoms with Crippen LogP contribution in [0.5, 0.6) is 5.75 Å². The molecule has 0 aliphatic rings. The van der Waals surface area contributed by atoms with Gasteiger partial charge >= 0.3 is 0 Å². The van der Waals surface area contributed by atoms with Crippen LogP contribution in [0.3, 0.4) is 0 Å². The number of hydrogen-bond acceptors (Lipinski definition) is 5. The minimum Gasteiger partial charge on any atom is -0.496 e. The van der Waals surface area contributed by atoms with Crippen molar-refractivity contribution in [2.24, 2.45) is 5.10 Å². The second-order valence-electron chi connectivity index (χ2n) is 5.84. The van der Waals surface area contributed by atoms with Gasteiger partial charge in [0.05, 0.1) is 12.5 Å². The largest absolute Gasteiger partial charge is 0.496 e. The van der Waals surface area contributed by atoms with Crippen molar-refractivity contribution in [1.82, 2.24) is 15.2 Å². The normalized spacial score (nSPS) is 11.4. The zero-order valence-corrected chi connectivity index (χ0v) is 15.6. The first kappa shape index (κ1) is 19.0. The Hall–Kier alpha value is -3.74. The predicted molar refractivity (Wildman–Crippen MR) is 110 cm³/mol. The maximum absolute atomic E-state index is 12.5. The van der Waals surface area contributed by atoms with Crippen LogP contribution in [-0.2, 0) is 6.54 Å². The zero-order chi connectivity index (χ0) is 19.9. The van der Waals surface area contributed by atoms with E-state index in [9.17, 15) is 9.59 Å². The number of nitrogens with one attached hydrogen (secondary N) is 1. The van der Waals surface area contributed by atoms with Gasteiger partial charge in [-0.25, -0.2) is 10.1 Å². The van der Waals surface area contributed by atoms with Gasteiger partial charge in [0.2, 0.25) is 0 Å². The molecule has 7 nitrogen and oxygen atoms in total. The van der Waals surface area contributed by atoms with Crippen molar-refractivity contribution in [2.45, 2.75) is 13.5 Å². The van der Waals surface area contributed by atoms with Gasteiger partial charge in [-0.1, -0.05) is 36.4 Å². The Kier molecular flexibility index (Phi) is 5.96. The summed E-state index contributed by atoms with van der Waals surface area (Å²) in [7, 11) is 1.61. The highest BCUT2D eigenvalue weighted by molar-refractivity contribution is 6.04. The third kappa shape index (κ3) is 3.98. The average molecular weight is 376 g/mol. The topological polar surface area (TPSA) is 85.6 Å². The monoisotopic (exact) mass is 376 g/mol. The first-order valence-corrected chi connectivity index (χ1v) is 8.78. The van der Waals surface area contributed by atoms with Crippen LogP contribution in [-0.4, -0.2) is 29.0 Å². The molecule has 28 heavy (non-hydrogen) atoms. The fraction of sp³-hybridized carbons (Fsp3) is 0.143. The van der Waals surface area contributed by atoms with E-state index < -0.39 is 5.91 Å². The molecule has 0 radical (unpaired) electrons. The van der Waals surface area contributed by atoms with E-state index in [0.29, 0.717) is 17.3 Å². The van der Waals surface area contributed by atoms with Crippen LogP contribution in [0.15, 0.2) is 64.5 Å². The summed E-state index contributed by atoms with van der Waals surface area (Å²) in [5.74, 6) is 0.258. The first-order chi connectivity index (χ1) is 13.7. The van der Waals surface area contributed by atoms with E-state index >= 15 is 0 Å². The fourth-order valence-electron chi connectivity index (χ4n) is 2.76. The summed E-state index contributed by atoms with van der Waals surface area (Å²) >= 11 is 0. The van der Waals surface area contributed by atoms with Gasteiger partial charge in [-0.2, -0.15) is 10.2 Å². The summed E-state index contributed by atoms with van der Waals surface area (Å²) in [6, 6.07) is 14.5. The minimum atomic E-state index is -0.486. The molecule has 0 saturated heterocycles. The molecule has 0 fully saturated rings. The number of aromatic nitrogens is 2. The Morgan fingerprint density at radius 1 is 1.18 bits per heavy atom. The van der Waals surface area contributed by atoms with Crippen LogP contribution in [0.25, 0.3) is 16.8 Å². The van der Waals surface area contributed by atoms with Crippen LogP contribution in [0.2, 0.25) is 0 Å². The van der Waals surface area contributed by atoms with Crippen LogP contribution in [0, 0.1) is 0 Å². The minimum absolute atomic E-state index is 0.155. The molecule has 1 amide bonds. The van der Waals surface area contributed by atoms with Crippen molar-refractivity contribution >= 4 is 29.0 Å². The second kappa shape index (κ2) is 8.77. The molecule has 3 rings (SSSR count). The highest BCUT2D eigenvalue weighted by atomic mass is 16.5. The molecule has 0 aliphatic carbocycles. The average Bonchev–Trinajstić information content (AvgIpc) is 2.74. The number of para-hydroxylation sites is 1. The SMILES string of the molecule is CCn1nc(C(=O)N/N=C\C=C\c2ccccc2OC)c2ccccc2c1=O. The van der Waals surface area contributed by atoms with Crippen LogP contribution < -0.4 is 15.7 Å². The van der Waals surface area contributed by atoms with E-state index in [1.165, 1.54) is 10.9 Å². The number of ether oxygens (including phenoxy) is 1. The Morgan fingerprint density at radius 2 is 1.89 bits per heavy atom. The molecule has 1 aromatic heterocycles. The summed E-state index contributed by atoms with van der Waals surface area (Å²) in [5, 5.41) is 9.04. The van der Waals surface area contributed by atoms with Gasteiger partial charge in [0, 0.05) is 23.7 Å². The molecular weight excluding hydrogens is 356 g/mol. The number of methoxy groups -OCH3 is 1. The van der Waals surface area contributed by atoms with Crippen molar-refractivity contribution in [3.63, 3.8) is 0 Å². The Bertz CT molecular complexity index is 1120. The van der Waals surface area contributed by atoms with Gasteiger partial charge in [0.1, 0.15) is 5.75 Å². The standard InChI is InChI=1S/C21H20N4O3/c1-3-25-21(27)17-12-6-5-11-16(17)19(24-25)20(26)23-22-14-8-10-15-9-4-7-13-18(15)28-2/h4-14H,3H2,1-2H3,(H,23,26)/b10-8+,22-14-. The number of amides is 1. The highest BCUT2D eigenvalue weighted by Gasteiger charge is 2.15. The molecule has 1 heterocycles. The summed E-state index contributed by atoms with van der Waals surface area (Å²) in [6.07, 6.45) is 4.97. The van der Waals surface area contributed by atoms with E-state index in [1.54, 1.807) is 44.4 Å². The van der Waals surface area contributed by atoms with Crippen LogP contribution >= 0.6 is 0 Å². The van der Waals surface area contributed by atoms with Gasteiger partial charge in [-0.05, 0) is 31.2 Å². The lowest BCUT2D eigenvalue weighted by Gasteiger charge is -2.08. The molecule has 0 spiro atoms. The number of nitrogens with zero attached hydrogens (tertiary/aromatic N) is 3. The van der Waals surface area contributed by atoms with Gasteiger partial charge in [0.15, 0.2) is 5.69 Å². The number of hydrazone groups is 1. The number of allylic oxidation sites excluding steroid dienone is 1. The Morgan fingerprint density at radius 3 is 2.64 bits per heavy atom. The van der Waals surface area contributed by atoms with E-state index in [1.807, 2.05) is 30.3 Å². The van der Waals surface area contributed by atoms with Gasteiger partial charge in [-0.15, -0.1) is 0 Å². The summed E-state index contributed by atoms with van der Waals surface area (Å²) in [6.45, 7) is 2.17. The molecule has 142 valence electrons. The molecule has 0 aliphatic heterocycles. The third-order valence-electron chi connectivity index (χ3n) is 4.12. The maximum atomic E-state index is 12.5. The molecule has 0 saturated carbocycles. The number of carbonyl (C=O) groups is 1. The van der Waals surface area contributed by atoms with Gasteiger partial charge in [0.25, 0.3) is 11.5 Å². The highest BCUT2D eigenvalue weighted by Crippen LogP contribution is 2.18. The van der Waals surface area contributed by atoms with Gasteiger partial charge < -0.3 is 4.74 Å². The van der Waals surface area contributed by atoms with Crippen molar-refractivity contribution in [3.05, 3.63) is 76.2 Å². The molecular formula is C21H20N4O3. The van der Waals surface area contributed by atoms with Crippen molar-refractivity contribution in [2.75, 3.05) is 7.11 Å². The lowest BCUT2D eigenvalue weighted by atomic mass is 10.1. The first-order valence-electron chi connectivity index (χ1n) is 8.78. The molecule has 1 N–H and O–H groups in total. The third-order valence-corrected chi connectivity index (χ3v) is 4.12. The van der Waals surface area contributed by atoms with Crippen LogP contribution in [0.1, 0.15) is 23.0 Å². The Labute approximate surface area is 162 Å². The Balaban J connectivity index is 1.78. The second-order valence-corrected chi connectivity index (χ2v) is 5.84. The number of carbonyl (C=O) groups excluding carboxylic acids is 1. The predicted octanol–water partition coefficient (Wildman–Crippen LogP) is 2.85. The number of hydrogen-bond donors (Lipinski definition) is 1. The summed E-state index contributed by atoms with van der Waals surface area (Å²) < 4.78 is 6.54. The molecule has 2 aromatic carbocycles. The quantitative estimate of drug-likeness (QED) is 0.529. The van der Waals surface area contributed by atoms with Crippen molar-refractivity contribution < 1.29 is 9.53 Å². The molecule has 3 aromatic rings. The van der Waals surface area contributed by atoms with E-state index in [2.05, 4.69) is 15.6 Å². The number of rotatable bonds is 6. The summed E-state index contributed by atoms with van der Waals surface area (Å²) in [4.78, 5) is 24.9. The van der Waals surface area contributed by atoms with Crippen LogP contribution in [0.4, 0.5) is 0 Å². The fourth-order valence-corrected chi connectivity index (χ4v) is 2.76. The van der Waals surface area contributed by atoms with Crippen molar-refractivity contribution in [1.29, 1.82) is 0 Å². The lowest BCUT2D eigenvalue weighted by Crippen LogP contribution is -2.28. The van der Waals surface area contributed by atoms with E-state index in [4.69, 9.17) is 4.74 Å². The summed E-state index contributed by atoms with van der Waals surface area (Å²) in [5.41, 5.74) is 3.27. The number of fused-ring (bicyclic) bond motifs is 1. The number of benzene rings is 2. The molecule has 0 unspecified atom stereocenters. The molecule has 7 heteroatoms. The maximum Gasteiger partial charge on any atom is 0.292 e. The molecule has 0 bridgehead atoms. The van der Waals surface area contributed by atoms with E-state index in [-0.39, 0.29) is 11.3 Å². The zero-order valence-electron chi connectivity index (χ0n) is 15.6. The smallest absolute Gasteiger partial charge is 0.292 e. The lowest BCUT2D eigenvalue weighted by molar-refractivity contribution is 0.0949. The van der Waals surface area contributed by atoms with Crippen molar-refractivity contribution in [3.8, 4) is 5.75 Å².